The van der Waals surface area contributed by atoms with Gasteiger partial charge in [0, 0.05) is 24.3 Å². The zero-order chi connectivity index (χ0) is 27.3. The number of hydrogen-bond donors (Lipinski definition) is 4. The Morgan fingerprint density at radius 1 is 1.03 bits per heavy atom. The molecule has 1 rings (SSSR count). The van der Waals surface area contributed by atoms with Gasteiger partial charge in [0.1, 0.15) is 0 Å². The highest BCUT2D eigenvalue weighted by molar-refractivity contribution is 5.82. The molecule has 0 saturated carbocycles. The average Bonchev–Trinajstić information content (AvgIpc) is 2.81. The Morgan fingerprint density at radius 3 is 2.25 bits per heavy atom. The molecule has 0 unspecified atom stereocenters. The highest BCUT2D eigenvalue weighted by atomic mass is 16.5. The van der Waals surface area contributed by atoms with Crippen molar-refractivity contribution in [3.63, 3.8) is 0 Å². The van der Waals surface area contributed by atoms with E-state index in [9.17, 15) is 24.9 Å². The maximum absolute atomic E-state index is 12.1. The number of carboxylic acids is 1. The van der Waals surface area contributed by atoms with E-state index < -0.39 is 24.3 Å². The Balaban J connectivity index is 2.34. The van der Waals surface area contributed by atoms with Gasteiger partial charge in [0.05, 0.1) is 37.6 Å². The topological polar surface area (TPSA) is 134 Å². The Labute approximate surface area is 217 Å². The van der Waals surface area contributed by atoms with E-state index in [1.54, 1.807) is 6.92 Å². The molecule has 1 aliphatic heterocycles. The first-order valence-electron chi connectivity index (χ1n) is 13.7. The van der Waals surface area contributed by atoms with Gasteiger partial charge in [-0.15, -0.1) is 0 Å². The molecule has 8 nitrogen and oxygen atoms in total. The smallest absolute Gasteiger partial charge is 0.330 e. The van der Waals surface area contributed by atoms with E-state index in [4.69, 9.17) is 14.6 Å². The molecule has 0 amide bonds. The normalized spacial score (nSPS) is 26.2. The standard InChI is InChI=1S/C28H50O8/c1-18(15-27(33)35-13-11-9-7-6-8-10-12-26(31)32)14-25-21(4)28(34)23(17-36-25)16-24(30)20(3)19(2)22(5)29/h15,19-25,28-30,34H,6-14,16-17H2,1-5H3,(H,31,32)/b18-15-/t19-,20+,21+,22+,23+,24+,25+,28+/m1/s1. The molecule has 8 atom stereocenters. The lowest BCUT2D eigenvalue weighted by Gasteiger charge is -2.40. The summed E-state index contributed by atoms with van der Waals surface area (Å²) < 4.78 is 11.3. The minimum atomic E-state index is -0.751. The van der Waals surface area contributed by atoms with Crippen molar-refractivity contribution in [2.45, 2.75) is 117 Å². The van der Waals surface area contributed by atoms with Gasteiger partial charge >= 0.3 is 11.9 Å². The van der Waals surface area contributed by atoms with Gasteiger partial charge in [0.25, 0.3) is 0 Å². The SMILES string of the molecule is C/C(=C/C(=O)OCCCCCCCCC(=O)O)C[C@@H]1OC[C@H](C[C@H](O)[C@@H](C)[C@@H](C)[C@H](C)O)[C@@H](O)[C@H]1C. The van der Waals surface area contributed by atoms with E-state index in [1.165, 1.54) is 6.08 Å². The summed E-state index contributed by atoms with van der Waals surface area (Å²) in [5.41, 5.74) is 0.834. The van der Waals surface area contributed by atoms with Crippen LogP contribution in [0.25, 0.3) is 0 Å². The monoisotopic (exact) mass is 514 g/mol. The summed E-state index contributed by atoms with van der Waals surface area (Å²) in [4.78, 5) is 22.6. The van der Waals surface area contributed by atoms with E-state index in [-0.39, 0.29) is 42.2 Å². The predicted molar refractivity (Wildman–Crippen MR) is 138 cm³/mol. The van der Waals surface area contributed by atoms with Crippen LogP contribution in [0.3, 0.4) is 0 Å². The summed E-state index contributed by atoms with van der Waals surface area (Å²) in [6.07, 6.45) is 6.03. The van der Waals surface area contributed by atoms with Crippen molar-refractivity contribution in [1.82, 2.24) is 0 Å². The van der Waals surface area contributed by atoms with E-state index in [0.717, 1.165) is 37.7 Å². The quantitative estimate of drug-likeness (QED) is 0.130. The number of ether oxygens (including phenoxy) is 2. The van der Waals surface area contributed by atoms with Gasteiger partial charge in [-0.1, -0.05) is 52.0 Å². The fraction of sp³-hybridized carbons (Fsp3) is 0.857. The van der Waals surface area contributed by atoms with Crippen molar-refractivity contribution < 1.29 is 39.5 Å². The van der Waals surface area contributed by atoms with Gasteiger partial charge < -0.3 is 29.9 Å². The summed E-state index contributed by atoms with van der Waals surface area (Å²) in [6, 6.07) is 0. The highest BCUT2D eigenvalue weighted by Gasteiger charge is 2.38. The van der Waals surface area contributed by atoms with E-state index in [0.29, 0.717) is 32.5 Å². The largest absolute Gasteiger partial charge is 0.481 e. The summed E-state index contributed by atoms with van der Waals surface area (Å²) >= 11 is 0. The van der Waals surface area contributed by atoms with Gasteiger partial charge in [-0.3, -0.25) is 4.79 Å². The Morgan fingerprint density at radius 2 is 1.64 bits per heavy atom. The molecule has 0 aromatic heterocycles. The number of carboxylic acid groups (broad SMARTS) is 1. The molecule has 4 N–H and O–H groups in total. The first-order chi connectivity index (χ1) is 16.9. The van der Waals surface area contributed by atoms with E-state index >= 15 is 0 Å². The minimum absolute atomic E-state index is 0.0465. The van der Waals surface area contributed by atoms with E-state index in [1.807, 2.05) is 27.7 Å². The number of rotatable bonds is 17. The van der Waals surface area contributed by atoms with Crippen molar-refractivity contribution in [2.24, 2.45) is 23.7 Å². The third kappa shape index (κ3) is 12.2. The molecule has 0 aromatic rings. The molecule has 8 heteroatoms. The fourth-order valence-corrected chi connectivity index (χ4v) is 4.79. The molecule has 0 aliphatic carbocycles. The number of carbonyl (C=O) groups excluding carboxylic acids is 1. The Bertz CT molecular complexity index is 676. The van der Waals surface area contributed by atoms with Crippen molar-refractivity contribution in [2.75, 3.05) is 13.2 Å². The molecular formula is C28H50O8. The zero-order valence-corrected chi connectivity index (χ0v) is 22.9. The van der Waals surface area contributed by atoms with Crippen LogP contribution in [0.1, 0.15) is 92.4 Å². The van der Waals surface area contributed by atoms with Crippen LogP contribution in [0.2, 0.25) is 0 Å². The maximum atomic E-state index is 12.1. The van der Waals surface area contributed by atoms with Gasteiger partial charge in [0.2, 0.25) is 0 Å². The summed E-state index contributed by atoms with van der Waals surface area (Å²) in [7, 11) is 0. The van der Waals surface area contributed by atoms with Gasteiger partial charge in [-0.2, -0.15) is 0 Å². The lowest BCUT2D eigenvalue weighted by molar-refractivity contribution is -0.138. The lowest BCUT2D eigenvalue weighted by atomic mass is 9.77. The second kappa shape index (κ2) is 17.1. The van der Waals surface area contributed by atoms with Crippen molar-refractivity contribution in [3.05, 3.63) is 11.6 Å². The second-order valence-corrected chi connectivity index (χ2v) is 10.9. The molecular weight excluding hydrogens is 464 g/mol. The first kappa shape index (κ1) is 32.5. The van der Waals surface area contributed by atoms with Gasteiger partial charge in [0.15, 0.2) is 0 Å². The second-order valence-electron chi connectivity index (χ2n) is 10.9. The van der Waals surface area contributed by atoms with Gasteiger partial charge in [-0.05, 0) is 51.4 Å². The summed E-state index contributed by atoms with van der Waals surface area (Å²) in [6.45, 7) is 10.1. The van der Waals surface area contributed by atoms with Crippen LogP contribution >= 0.6 is 0 Å². The molecule has 0 bridgehead atoms. The van der Waals surface area contributed by atoms with Gasteiger partial charge in [-0.25, -0.2) is 4.79 Å². The number of hydrogen-bond acceptors (Lipinski definition) is 7. The first-order valence-corrected chi connectivity index (χ1v) is 13.7. The third-order valence-electron chi connectivity index (χ3n) is 7.79. The Kier molecular flexibility index (Phi) is 15.5. The van der Waals surface area contributed by atoms with Crippen LogP contribution in [0.15, 0.2) is 11.6 Å². The molecule has 0 aromatic carbocycles. The number of aliphatic carboxylic acids is 1. The van der Waals surface area contributed by atoms with Crippen LogP contribution in [0, 0.1) is 23.7 Å². The van der Waals surface area contributed by atoms with Crippen molar-refractivity contribution in [3.8, 4) is 0 Å². The van der Waals surface area contributed by atoms with Crippen LogP contribution in [0.5, 0.6) is 0 Å². The van der Waals surface area contributed by atoms with Crippen LogP contribution in [-0.4, -0.2) is 70.0 Å². The summed E-state index contributed by atoms with van der Waals surface area (Å²) in [5, 5.41) is 39.9. The maximum Gasteiger partial charge on any atom is 0.330 e. The van der Waals surface area contributed by atoms with Crippen molar-refractivity contribution >= 4 is 11.9 Å². The number of aliphatic hydroxyl groups is 3. The van der Waals surface area contributed by atoms with Crippen LogP contribution < -0.4 is 0 Å². The number of aliphatic hydroxyl groups excluding tert-OH is 3. The molecule has 210 valence electrons. The number of esters is 1. The fourth-order valence-electron chi connectivity index (χ4n) is 4.79. The third-order valence-corrected chi connectivity index (χ3v) is 7.79. The summed E-state index contributed by atoms with van der Waals surface area (Å²) in [5.74, 6) is -1.59. The number of unbranched alkanes of at least 4 members (excludes halogenated alkanes) is 5. The molecule has 1 fully saturated rings. The molecule has 0 spiro atoms. The van der Waals surface area contributed by atoms with E-state index in [2.05, 4.69) is 0 Å². The van der Waals surface area contributed by atoms with Crippen molar-refractivity contribution in [1.29, 1.82) is 0 Å². The Hall–Kier alpha value is -1.48. The minimum Gasteiger partial charge on any atom is -0.481 e. The molecule has 1 aliphatic rings. The van der Waals surface area contributed by atoms with Crippen LogP contribution in [-0.2, 0) is 19.1 Å². The lowest BCUT2D eigenvalue weighted by Crippen LogP contribution is -2.46. The predicted octanol–water partition coefficient (Wildman–Crippen LogP) is 4.10. The van der Waals surface area contributed by atoms with Crippen LogP contribution in [0.4, 0.5) is 0 Å². The molecule has 0 radical (unpaired) electrons. The zero-order valence-electron chi connectivity index (χ0n) is 22.9. The molecule has 1 saturated heterocycles. The highest BCUT2D eigenvalue weighted by Crippen LogP contribution is 2.33. The molecule has 36 heavy (non-hydrogen) atoms. The number of carbonyl (C=O) groups is 2. The average molecular weight is 515 g/mol. The molecule has 1 heterocycles.